The van der Waals surface area contributed by atoms with Crippen molar-refractivity contribution in [1.29, 1.82) is 0 Å². The molecule has 0 spiro atoms. The van der Waals surface area contributed by atoms with Gasteiger partial charge in [0.2, 0.25) is 0 Å². The van der Waals surface area contributed by atoms with Crippen molar-refractivity contribution >= 4 is 5.69 Å². The van der Waals surface area contributed by atoms with E-state index in [2.05, 4.69) is 30.9 Å². The van der Waals surface area contributed by atoms with Crippen molar-refractivity contribution in [3.05, 3.63) is 29.8 Å². The number of morpholine rings is 1. The van der Waals surface area contributed by atoms with Crippen LogP contribution < -0.4 is 4.90 Å². The number of aliphatic hydroxyl groups is 1. The van der Waals surface area contributed by atoms with Gasteiger partial charge >= 0.3 is 0 Å². The van der Waals surface area contributed by atoms with E-state index in [1.165, 1.54) is 5.69 Å². The fourth-order valence-corrected chi connectivity index (χ4v) is 2.53. The summed E-state index contributed by atoms with van der Waals surface area (Å²) in [5, 5.41) is 9.78. The van der Waals surface area contributed by atoms with E-state index in [4.69, 9.17) is 4.74 Å². The Balaban J connectivity index is 2.09. The molecule has 1 aliphatic rings. The summed E-state index contributed by atoms with van der Waals surface area (Å²) in [6.45, 7) is 8.07. The molecule has 0 radical (unpaired) electrons. The lowest BCUT2D eigenvalue weighted by atomic mass is 10.1. The van der Waals surface area contributed by atoms with E-state index in [1.54, 1.807) is 0 Å². The van der Waals surface area contributed by atoms with Crippen LogP contribution >= 0.6 is 0 Å². The molecule has 1 aromatic rings. The van der Waals surface area contributed by atoms with Crippen molar-refractivity contribution in [1.82, 2.24) is 0 Å². The number of benzene rings is 1. The molecular formula is C15H23NO2. The van der Waals surface area contributed by atoms with E-state index < -0.39 is 0 Å². The Labute approximate surface area is 109 Å². The maximum absolute atomic E-state index is 9.78. The van der Waals surface area contributed by atoms with Crippen LogP contribution in [0.25, 0.3) is 0 Å². The highest BCUT2D eigenvalue weighted by atomic mass is 16.5. The highest BCUT2D eigenvalue weighted by molar-refractivity contribution is 5.48. The maximum atomic E-state index is 9.78. The smallest absolute Gasteiger partial charge is 0.0787 e. The lowest BCUT2D eigenvalue weighted by molar-refractivity contribution is -0.00522. The molecule has 1 N–H and O–H groups in total. The van der Waals surface area contributed by atoms with Gasteiger partial charge in [-0.2, -0.15) is 0 Å². The van der Waals surface area contributed by atoms with E-state index in [0.29, 0.717) is 0 Å². The van der Waals surface area contributed by atoms with Crippen molar-refractivity contribution in [2.75, 3.05) is 18.0 Å². The molecule has 1 aliphatic heterocycles. The average molecular weight is 249 g/mol. The van der Waals surface area contributed by atoms with Crippen LogP contribution in [-0.2, 0) is 4.74 Å². The fraction of sp³-hybridized carbons (Fsp3) is 0.600. The van der Waals surface area contributed by atoms with Gasteiger partial charge in [0.15, 0.2) is 0 Å². The van der Waals surface area contributed by atoms with Crippen molar-refractivity contribution in [2.24, 2.45) is 0 Å². The van der Waals surface area contributed by atoms with Gasteiger partial charge in [-0.3, -0.25) is 0 Å². The highest BCUT2D eigenvalue weighted by Gasteiger charge is 2.22. The summed E-state index contributed by atoms with van der Waals surface area (Å²) in [5.41, 5.74) is 2.21. The molecular weight excluding hydrogens is 226 g/mol. The quantitative estimate of drug-likeness (QED) is 0.894. The summed E-state index contributed by atoms with van der Waals surface area (Å²) in [4.78, 5) is 2.35. The number of aliphatic hydroxyl groups excluding tert-OH is 1. The van der Waals surface area contributed by atoms with Crippen LogP contribution in [0.3, 0.4) is 0 Å². The van der Waals surface area contributed by atoms with Crippen LogP contribution in [0.2, 0.25) is 0 Å². The Kier molecular flexibility index (Phi) is 4.25. The Morgan fingerprint density at radius 3 is 2.28 bits per heavy atom. The minimum absolute atomic E-state index is 0.273. The lowest BCUT2D eigenvalue weighted by Gasteiger charge is -2.37. The van der Waals surface area contributed by atoms with Crippen LogP contribution in [0.4, 0.5) is 5.69 Å². The third-order valence-electron chi connectivity index (χ3n) is 3.45. The molecule has 1 saturated heterocycles. The van der Waals surface area contributed by atoms with Crippen LogP contribution in [0.1, 0.15) is 38.9 Å². The van der Waals surface area contributed by atoms with Gasteiger partial charge in [-0.1, -0.05) is 19.1 Å². The molecule has 1 heterocycles. The molecule has 0 amide bonds. The lowest BCUT2D eigenvalue weighted by Crippen LogP contribution is -2.45. The van der Waals surface area contributed by atoms with Crippen molar-refractivity contribution in [3.63, 3.8) is 0 Å². The largest absolute Gasteiger partial charge is 0.388 e. The summed E-state index contributed by atoms with van der Waals surface area (Å²) in [6.07, 6.45) is 0.955. The zero-order valence-corrected chi connectivity index (χ0v) is 11.5. The SMILES string of the molecule is CC[C@@H](O)c1ccc(N2CC(C)OC(C)C2)cc1. The number of hydrogen-bond donors (Lipinski definition) is 1. The normalized spacial score (nSPS) is 26.1. The molecule has 0 aliphatic carbocycles. The molecule has 100 valence electrons. The highest BCUT2D eigenvalue weighted by Crippen LogP contribution is 2.23. The zero-order valence-electron chi connectivity index (χ0n) is 11.5. The van der Waals surface area contributed by atoms with Crippen LogP contribution in [-0.4, -0.2) is 30.4 Å². The minimum Gasteiger partial charge on any atom is -0.388 e. The maximum Gasteiger partial charge on any atom is 0.0787 e. The summed E-state index contributed by atoms with van der Waals surface area (Å²) < 4.78 is 5.74. The van der Waals surface area contributed by atoms with Crippen LogP contribution in [0.15, 0.2) is 24.3 Å². The van der Waals surface area contributed by atoms with Crippen molar-refractivity contribution in [2.45, 2.75) is 45.5 Å². The molecule has 3 nitrogen and oxygen atoms in total. The van der Waals surface area contributed by atoms with Gasteiger partial charge in [0, 0.05) is 18.8 Å². The van der Waals surface area contributed by atoms with E-state index in [1.807, 2.05) is 19.1 Å². The summed E-state index contributed by atoms with van der Waals surface area (Å²) in [5.74, 6) is 0. The third kappa shape index (κ3) is 3.03. The first-order valence-corrected chi connectivity index (χ1v) is 6.78. The van der Waals surface area contributed by atoms with Gasteiger partial charge < -0.3 is 14.7 Å². The first-order chi connectivity index (χ1) is 8.60. The zero-order chi connectivity index (χ0) is 13.1. The average Bonchev–Trinajstić information content (AvgIpc) is 2.37. The molecule has 1 aromatic carbocycles. The molecule has 2 rings (SSSR count). The molecule has 0 aromatic heterocycles. The Morgan fingerprint density at radius 2 is 1.78 bits per heavy atom. The van der Waals surface area contributed by atoms with E-state index in [0.717, 1.165) is 25.1 Å². The summed E-state index contributed by atoms with van der Waals surface area (Å²) >= 11 is 0. The molecule has 2 unspecified atom stereocenters. The number of nitrogens with zero attached hydrogens (tertiary/aromatic N) is 1. The second-order valence-electron chi connectivity index (χ2n) is 5.18. The minimum atomic E-state index is -0.346. The summed E-state index contributed by atoms with van der Waals surface area (Å²) in [6, 6.07) is 8.24. The van der Waals surface area contributed by atoms with E-state index >= 15 is 0 Å². The van der Waals surface area contributed by atoms with Gasteiger partial charge in [0.25, 0.3) is 0 Å². The molecule has 3 heteroatoms. The second kappa shape index (κ2) is 5.72. The monoisotopic (exact) mass is 249 g/mol. The number of rotatable bonds is 3. The Bertz CT molecular complexity index is 367. The van der Waals surface area contributed by atoms with Crippen LogP contribution in [0, 0.1) is 0 Å². The summed E-state index contributed by atoms with van der Waals surface area (Å²) in [7, 11) is 0. The van der Waals surface area contributed by atoms with Gasteiger partial charge in [-0.25, -0.2) is 0 Å². The molecule has 0 saturated carbocycles. The van der Waals surface area contributed by atoms with Gasteiger partial charge in [0.1, 0.15) is 0 Å². The predicted molar refractivity (Wildman–Crippen MR) is 73.9 cm³/mol. The van der Waals surface area contributed by atoms with E-state index in [-0.39, 0.29) is 18.3 Å². The molecule has 0 bridgehead atoms. The first kappa shape index (κ1) is 13.4. The van der Waals surface area contributed by atoms with Gasteiger partial charge in [-0.05, 0) is 38.0 Å². The molecule has 18 heavy (non-hydrogen) atoms. The molecule has 1 fully saturated rings. The first-order valence-electron chi connectivity index (χ1n) is 6.78. The predicted octanol–water partition coefficient (Wildman–Crippen LogP) is 2.74. The Hall–Kier alpha value is -1.06. The van der Waals surface area contributed by atoms with E-state index in [9.17, 15) is 5.11 Å². The van der Waals surface area contributed by atoms with Crippen LogP contribution in [0.5, 0.6) is 0 Å². The molecule has 3 atom stereocenters. The fourth-order valence-electron chi connectivity index (χ4n) is 2.53. The number of hydrogen-bond acceptors (Lipinski definition) is 3. The number of anilines is 1. The Morgan fingerprint density at radius 1 is 1.22 bits per heavy atom. The standard InChI is InChI=1S/C15H23NO2/c1-4-15(17)13-5-7-14(8-6-13)16-9-11(2)18-12(3)10-16/h5-8,11-12,15,17H,4,9-10H2,1-3H3/t11?,12?,15-/m1/s1. The van der Waals surface area contributed by atoms with Gasteiger partial charge in [0.05, 0.1) is 18.3 Å². The second-order valence-corrected chi connectivity index (χ2v) is 5.18. The third-order valence-corrected chi connectivity index (χ3v) is 3.45. The van der Waals surface area contributed by atoms with Crippen molar-refractivity contribution in [3.8, 4) is 0 Å². The number of ether oxygens (including phenoxy) is 1. The van der Waals surface area contributed by atoms with Crippen molar-refractivity contribution < 1.29 is 9.84 Å². The van der Waals surface area contributed by atoms with Gasteiger partial charge in [-0.15, -0.1) is 0 Å². The topological polar surface area (TPSA) is 32.7 Å².